The van der Waals surface area contributed by atoms with Crippen molar-refractivity contribution in [3.05, 3.63) is 95.8 Å². The summed E-state index contributed by atoms with van der Waals surface area (Å²) in [6.07, 6.45) is 14.3. The molecule has 10 heteroatoms. The lowest BCUT2D eigenvalue weighted by Crippen LogP contribution is -2.26. The van der Waals surface area contributed by atoms with Gasteiger partial charge in [-0.3, -0.25) is 14.1 Å². The molecule has 0 spiro atoms. The van der Waals surface area contributed by atoms with E-state index >= 15 is 0 Å². The number of allylic oxidation sites excluding steroid dienone is 8. The third kappa shape index (κ3) is 5.62. The van der Waals surface area contributed by atoms with Crippen LogP contribution in [0.5, 0.6) is 0 Å². The van der Waals surface area contributed by atoms with Crippen LogP contribution in [0.25, 0.3) is 0 Å². The highest BCUT2D eigenvalue weighted by molar-refractivity contribution is 7.86. The summed E-state index contributed by atoms with van der Waals surface area (Å²) in [5, 5.41) is 0. The molecule has 0 unspecified atom stereocenters. The van der Waals surface area contributed by atoms with Crippen LogP contribution in [0.1, 0.15) is 52.2 Å². The average Bonchev–Trinajstić information content (AvgIpc) is 3.23. The fourth-order valence-electron chi connectivity index (χ4n) is 5.19. The van der Waals surface area contributed by atoms with E-state index in [2.05, 4.69) is 16.8 Å². The first kappa shape index (κ1) is 29.7. The highest BCUT2D eigenvalue weighted by atomic mass is 32.2. The van der Waals surface area contributed by atoms with Crippen molar-refractivity contribution in [2.24, 2.45) is 4.99 Å². The second-order valence-electron chi connectivity index (χ2n) is 10.9. The third-order valence-electron chi connectivity index (χ3n) is 7.38. The molecule has 2 aromatic rings. The van der Waals surface area contributed by atoms with E-state index in [0.29, 0.717) is 5.69 Å². The zero-order chi connectivity index (χ0) is 29.5. The molecule has 0 fully saturated rings. The Kier molecular flexibility index (Phi) is 7.85. The number of nitrogens with zero attached hydrogens (tertiary/aromatic N) is 2. The molecule has 40 heavy (non-hydrogen) atoms. The Bertz CT molecular complexity index is 1710. The van der Waals surface area contributed by atoms with Crippen molar-refractivity contribution < 1.29 is 25.9 Å². The average molecular weight is 583 g/mol. The number of fused-ring (bicyclic) bond motifs is 2. The van der Waals surface area contributed by atoms with Crippen LogP contribution in [0.4, 0.5) is 11.4 Å². The highest BCUT2D eigenvalue weighted by Gasteiger charge is 2.40. The van der Waals surface area contributed by atoms with E-state index in [4.69, 9.17) is 0 Å². The van der Waals surface area contributed by atoms with E-state index in [1.54, 1.807) is 18.2 Å². The first-order chi connectivity index (χ1) is 18.6. The summed E-state index contributed by atoms with van der Waals surface area (Å²) < 4.78 is 65.5. The smallest absolute Gasteiger partial charge is 0.294 e. The Balaban J connectivity index is 1.51. The van der Waals surface area contributed by atoms with Crippen molar-refractivity contribution in [2.75, 3.05) is 11.4 Å². The second-order valence-corrected chi connectivity index (χ2v) is 13.7. The second kappa shape index (κ2) is 10.6. The molecule has 0 radical (unpaired) electrons. The molecule has 0 aliphatic carbocycles. The van der Waals surface area contributed by atoms with Gasteiger partial charge in [0.05, 0.1) is 21.2 Å². The quantitative estimate of drug-likeness (QED) is 0.276. The number of benzene rings is 2. The van der Waals surface area contributed by atoms with E-state index in [1.807, 2.05) is 70.2 Å². The summed E-state index contributed by atoms with van der Waals surface area (Å²) in [5.41, 5.74) is 4.00. The van der Waals surface area contributed by atoms with Crippen LogP contribution in [0.2, 0.25) is 0 Å². The molecule has 0 aromatic heterocycles. The topological polar surface area (TPSA) is 124 Å². The molecule has 212 valence electrons. The Morgan fingerprint density at radius 2 is 1.38 bits per heavy atom. The molecule has 0 saturated heterocycles. The van der Waals surface area contributed by atoms with Crippen molar-refractivity contribution in [1.82, 2.24) is 0 Å². The number of aliphatic imine (C=N–C) groups is 1. The van der Waals surface area contributed by atoms with Gasteiger partial charge in [-0.05, 0) is 66.1 Å². The predicted octanol–water partition coefficient (Wildman–Crippen LogP) is 6.30. The van der Waals surface area contributed by atoms with Crippen molar-refractivity contribution in [1.29, 1.82) is 0 Å². The number of rotatable bonds is 8. The zero-order valence-electron chi connectivity index (χ0n) is 23.2. The van der Waals surface area contributed by atoms with Gasteiger partial charge in [0.2, 0.25) is 0 Å². The third-order valence-corrected chi connectivity index (χ3v) is 9.08. The molecule has 8 nitrogen and oxygen atoms in total. The molecule has 2 N–H and O–H groups in total. The normalized spacial score (nSPS) is 19.2. The Morgan fingerprint density at radius 1 is 0.800 bits per heavy atom. The van der Waals surface area contributed by atoms with Gasteiger partial charge >= 0.3 is 0 Å². The Labute approximate surface area is 236 Å². The summed E-state index contributed by atoms with van der Waals surface area (Å²) in [4.78, 5) is 6.55. The van der Waals surface area contributed by atoms with Crippen LogP contribution in [0.15, 0.2) is 99.4 Å². The van der Waals surface area contributed by atoms with Gasteiger partial charge in [0.15, 0.2) is 0 Å². The summed E-state index contributed by atoms with van der Waals surface area (Å²) in [6, 6.07) is 9.15. The van der Waals surface area contributed by atoms with Gasteiger partial charge in [-0.2, -0.15) is 16.8 Å². The van der Waals surface area contributed by atoms with Gasteiger partial charge in [-0.15, -0.1) is 0 Å². The van der Waals surface area contributed by atoms with Crippen molar-refractivity contribution in [2.45, 2.75) is 61.7 Å². The molecular weight excluding hydrogens is 548 g/mol. The number of hydrogen-bond donors (Lipinski definition) is 2. The minimum atomic E-state index is -4.30. The van der Waals surface area contributed by atoms with Gasteiger partial charge in [0, 0.05) is 28.8 Å². The first-order valence-corrected chi connectivity index (χ1v) is 15.8. The lowest BCUT2D eigenvalue weighted by molar-refractivity contribution is 0.480. The van der Waals surface area contributed by atoms with E-state index in [9.17, 15) is 25.9 Å². The summed E-state index contributed by atoms with van der Waals surface area (Å²) in [7, 11) is -8.59. The fraction of sp³-hybridized carbons (Fsp3) is 0.300. The molecule has 2 heterocycles. The molecule has 2 aliphatic rings. The maximum atomic E-state index is 11.7. The lowest BCUT2D eigenvalue weighted by Gasteiger charge is -2.26. The van der Waals surface area contributed by atoms with Crippen LogP contribution >= 0.6 is 0 Å². The maximum Gasteiger partial charge on any atom is 0.294 e. The van der Waals surface area contributed by atoms with Gasteiger partial charge in [0.25, 0.3) is 20.2 Å². The minimum Gasteiger partial charge on any atom is -0.344 e. The predicted molar refractivity (Wildman–Crippen MR) is 159 cm³/mol. The van der Waals surface area contributed by atoms with Gasteiger partial charge in [0.1, 0.15) is 0 Å². The number of hydrogen-bond acceptors (Lipinski definition) is 6. The van der Waals surface area contributed by atoms with Crippen molar-refractivity contribution in [3.8, 4) is 0 Å². The molecule has 0 bridgehead atoms. The summed E-state index contributed by atoms with van der Waals surface area (Å²) in [6.45, 7) is 10.8. The van der Waals surface area contributed by atoms with E-state index < -0.39 is 31.1 Å². The molecule has 2 aliphatic heterocycles. The van der Waals surface area contributed by atoms with Gasteiger partial charge in [-0.25, -0.2) is 0 Å². The van der Waals surface area contributed by atoms with E-state index in [1.165, 1.54) is 18.2 Å². The monoisotopic (exact) mass is 582 g/mol. The Hall–Kier alpha value is -3.31. The molecule has 4 rings (SSSR count). The van der Waals surface area contributed by atoms with Crippen LogP contribution < -0.4 is 4.90 Å². The minimum absolute atomic E-state index is 0.112. The Morgan fingerprint density at radius 3 is 2.00 bits per heavy atom. The standard InChI is InChI=1S/C30H34N2O6S2/c1-6-18-32-26-17-15-22(40(36,37)38)20-24(26)30(4,5)28(32)13-11-9-7-8-10-12-27-29(2,3)23-19-21(39(33,34)35)14-16-25(23)31-27/h7-17,19-20H,6,18H2,1-5H3,(H,33,34,35)(H,36,37,38)/b8-7+,11-9+,12-10+,28-13+. The molecule has 0 amide bonds. The van der Waals surface area contributed by atoms with Crippen LogP contribution in [0, 0.1) is 0 Å². The summed E-state index contributed by atoms with van der Waals surface area (Å²) >= 11 is 0. The van der Waals surface area contributed by atoms with Crippen molar-refractivity contribution >= 4 is 37.3 Å². The molecular formula is C30H34N2O6S2. The number of anilines is 1. The first-order valence-electron chi connectivity index (χ1n) is 12.9. The highest BCUT2D eigenvalue weighted by Crippen LogP contribution is 2.48. The molecule has 2 aromatic carbocycles. The van der Waals surface area contributed by atoms with E-state index in [0.717, 1.165) is 41.2 Å². The van der Waals surface area contributed by atoms with Gasteiger partial charge in [-0.1, -0.05) is 65.0 Å². The fourth-order valence-corrected chi connectivity index (χ4v) is 6.21. The lowest BCUT2D eigenvalue weighted by atomic mass is 9.81. The van der Waals surface area contributed by atoms with Crippen molar-refractivity contribution in [3.63, 3.8) is 0 Å². The molecule has 0 atom stereocenters. The largest absolute Gasteiger partial charge is 0.344 e. The maximum absolute atomic E-state index is 11.7. The van der Waals surface area contributed by atoms with E-state index in [-0.39, 0.29) is 9.79 Å². The SMILES string of the molecule is CCCN1/C(=C/C=C/C=C/C=C/C2=Nc3ccc(S(=O)(=O)O)cc3C2(C)C)C(C)(C)c2cc(S(=O)(=O)O)ccc21. The zero-order valence-corrected chi connectivity index (χ0v) is 24.8. The summed E-state index contributed by atoms with van der Waals surface area (Å²) in [5.74, 6) is 0. The van der Waals surface area contributed by atoms with Crippen LogP contribution in [-0.4, -0.2) is 38.2 Å². The van der Waals surface area contributed by atoms with Gasteiger partial charge < -0.3 is 4.90 Å². The van der Waals surface area contributed by atoms with Crippen LogP contribution in [-0.2, 0) is 31.1 Å². The van der Waals surface area contributed by atoms with Crippen LogP contribution in [0.3, 0.4) is 0 Å². The molecule has 0 saturated carbocycles.